The summed E-state index contributed by atoms with van der Waals surface area (Å²) in [6.45, 7) is 0.430. The Bertz CT molecular complexity index is 401. The number of nitrogens with zero attached hydrogens (tertiary/aromatic N) is 1. The highest BCUT2D eigenvalue weighted by molar-refractivity contribution is 5.82. The molecule has 0 N–H and O–H groups in total. The van der Waals surface area contributed by atoms with E-state index in [1.165, 1.54) is 25.3 Å². The summed E-state index contributed by atoms with van der Waals surface area (Å²) in [6, 6.07) is 7.04. The summed E-state index contributed by atoms with van der Waals surface area (Å²) in [6.07, 6.45) is 3.83. The fourth-order valence-corrected chi connectivity index (χ4v) is 2.14. The second-order valence-corrected chi connectivity index (χ2v) is 4.81. The highest BCUT2D eigenvalue weighted by Gasteiger charge is 2.23. The van der Waals surface area contributed by atoms with Crippen LogP contribution < -0.4 is 0 Å². The Hall–Kier alpha value is -1.22. The molecule has 1 aliphatic rings. The Morgan fingerprint density at radius 2 is 2.12 bits per heavy atom. The minimum absolute atomic E-state index is 0.0875. The largest absolute Gasteiger partial charge is 0.298 e. The molecule has 0 saturated heterocycles. The molecular formula is C14H18FNO. The van der Waals surface area contributed by atoms with Gasteiger partial charge in [0.25, 0.3) is 0 Å². The maximum Gasteiger partial charge on any atom is 0.151 e. The van der Waals surface area contributed by atoms with Crippen molar-refractivity contribution in [2.45, 2.75) is 31.7 Å². The standard InChI is InChI=1S/C14H18FNO/c1-16(12-6-4-7-12)10-13(17)9-11-5-2-3-8-14(11)15/h2-3,5,8,12H,4,6-7,9-10H2,1H3. The molecule has 1 aromatic rings. The van der Waals surface area contributed by atoms with Crippen LogP contribution in [-0.4, -0.2) is 30.3 Å². The average Bonchev–Trinajstić information content (AvgIpc) is 2.18. The highest BCUT2D eigenvalue weighted by atomic mass is 19.1. The molecule has 1 aromatic carbocycles. The van der Waals surface area contributed by atoms with Crippen LogP contribution in [0.3, 0.4) is 0 Å². The number of halogens is 1. The van der Waals surface area contributed by atoms with Crippen LogP contribution in [-0.2, 0) is 11.2 Å². The van der Waals surface area contributed by atoms with Gasteiger partial charge in [-0.25, -0.2) is 4.39 Å². The number of likely N-dealkylation sites (N-methyl/N-ethyl adjacent to an activating group) is 1. The van der Waals surface area contributed by atoms with Gasteiger partial charge in [0.1, 0.15) is 5.82 Å². The molecule has 3 heteroatoms. The first-order chi connectivity index (χ1) is 8.16. The van der Waals surface area contributed by atoms with Gasteiger partial charge in [-0.2, -0.15) is 0 Å². The molecule has 1 aliphatic carbocycles. The molecule has 0 spiro atoms. The zero-order valence-electron chi connectivity index (χ0n) is 10.2. The number of Topliss-reactive ketones (excluding diaryl/α,β-unsaturated/α-hetero) is 1. The Morgan fingerprint density at radius 3 is 2.71 bits per heavy atom. The van der Waals surface area contributed by atoms with Crippen molar-refractivity contribution in [2.24, 2.45) is 0 Å². The van der Waals surface area contributed by atoms with E-state index in [1.54, 1.807) is 18.2 Å². The van der Waals surface area contributed by atoms with Crippen LogP contribution in [0, 0.1) is 5.82 Å². The van der Waals surface area contributed by atoms with Gasteiger partial charge >= 0.3 is 0 Å². The lowest BCUT2D eigenvalue weighted by molar-refractivity contribution is -0.120. The SMILES string of the molecule is CN(CC(=O)Cc1ccccc1F)C1CCC1. The molecule has 0 heterocycles. The van der Waals surface area contributed by atoms with E-state index < -0.39 is 0 Å². The smallest absolute Gasteiger partial charge is 0.151 e. The number of benzene rings is 1. The van der Waals surface area contributed by atoms with E-state index in [1.807, 2.05) is 7.05 Å². The lowest BCUT2D eigenvalue weighted by Gasteiger charge is -2.34. The molecule has 2 rings (SSSR count). The number of carbonyl (C=O) groups excluding carboxylic acids is 1. The van der Waals surface area contributed by atoms with E-state index in [2.05, 4.69) is 4.90 Å². The molecule has 0 bridgehead atoms. The molecule has 1 saturated carbocycles. The predicted molar refractivity (Wildman–Crippen MR) is 65.4 cm³/mol. The Kier molecular flexibility index (Phi) is 3.89. The van der Waals surface area contributed by atoms with Crippen LogP contribution in [0.5, 0.6) is 0 Å². The molecule has 0 atom stereocenters. The van der Waals surface area contributed by atoms with Crippen LogP contribution >= 0.6 is 0 Å². The summed E-state index contributed by atoms with van der Waals surface area (Å²) in [5, 5.41) is 0. The van der Waals surface area contributed by atoms with Gasteiger partial charge in [-0.3, -0.25) is 9.69 Å². The minimum atomic E-state index is -0.285. The number of ketones is 1. The van der Waals surface area contributed by atoms with Gasteiger partial charge in [0.2, 0.25) is 0 Å². The Labute approximate surface area is 101 Å². The number of hydrogen-bond donors (Lipinski definition) is 0. The van der Waals surface area contributed by atoms with Gasteiger partial charge < -0.3 is 0 Å². The number of hydrogen-bond acceptors (Lipinski definition) is 2. The summed E-state index contributed by atoms with van der Waals surface area (Å²) in [5.74, 6) is -0.198. The van der Waals surface area contributed by atoms with Crippen molar-refractivity contribution in [2.75, 3.05) is 13.6 Å². The van der Waals surface area contributed by atoms with Gasteiger partial charge in [0.05, 0.1) is 6.54 Å². The van der Waals surface area contributed by atoms with E-state index in [0.29, 0.717) is 18.2 Å². The van der Waals surface area contributed by atoms with Crippen molar-refractivity contribution in [3.05, 3.63) is 35.6 Å². The zero-order valence-corrected chi connectivity index (χ0v) is 10.2. The third-order valence-corrected chi connectivity index (χ3v) is 3.47. The van der Waals surface area contributed by atoms with E-state index in [4.69, 9.17) is 0 Å². The maximum absolute atomic E-state index is 13.4. The van der Waals surface area contributed by atoms with Crippen LogP contribution in [0.25, 0.3) is 0 Å². The predicted octanol–water partition coefficient (Wildman–Crippen LogP) is 2.42. The number of rotatable bonds is 5. The lowest BCUT2D eigenvalue weighted by atomic mass is 9.91. The molecule has 0 aromatic heterocycles. The maximum atomic E-state index is 13.4. The van der Waals surface area contributed by atoms with E-state index in [-0.39, 0.29) is 18.0 Å². The van der Waals surface area contributed by atoms with Crippen LogP contribution in [0.15, 0.2) is 24.3 Å². The second-order valence-electron chi connectivity index (χ2n) is 4.81. The second kappa shape index (κ2) is 5.41. The summed E-state index contributed by atoms with van der Waals surface area (Å²) >= 11 is 0. The normalized spacial score (nSPS) is 15.9. The summed E-state index contributed by atoms with van der Waals surface area (Å²) in [5.41, 5.74) is 0.500. The van der Waals surface area contributed by atoms with Crippen molar-refractivity contribution >= 4 is 5.78 Å². The first kappa shape index (κ1) is 12.2. The lowest BCUT2D eigenvalue weighted by Crippen LogP contribution is -2.40. The molecule has 17 heavy (non-hydrogen) atoms. The van der Waals surface area contributed by atoms with Crippen molar-refractivity contribution in [1.82, 2.24) is 4.90 Å². The van der Waals surface area contributed by atoms with E-state index in [0.717, 1.165) is 0 Å². The van der Waals surface area contributed by atoms with Crippen molar-refractivity contribution in [3.8, 4) is 0 Å². The molecular weight excluding hydrogens is 217 g/mol. The van der Waals surface area contributed by atoms with Crippen LogP contribution in [0.1, 0.15) is 24.8 Å². The molecule has 0 aliphatic heterocycles. The topological polar surface area (TPSA) is 20.3 Å². The summed E-state index contributed by atoms with van der Waals surface area (Å²) < 4.78 is 13.4. The van der Waals surface area contributed by atoms with Gasteiger partial charge in [0.15, 0.2) is 5.78 Å². The van der Waals surface area contributed by atoms with Gasteiger partial charge in [-0.1, -0.05) is 24.6 Å². The van der Waals surface area contributed by atoms with E-state index in [9.17, 15) is 9.18 Å². The van der Waals surface area contributed by atoms with Gasteiger partial charge in [0, 0.05) is 12.5 Å². The molecule has 1 fully saturated rings. The Balaban J connectivity index is 1.86. The third-order valence-electron chi connectivity index (χ3n) is 3.47. The fraction of sp³-hybridized carbons (Fsp3) is 0.500. The van der Waals surface area contributed by atoms with Gasteiger partial charge in [-0.15, -0.1) is 0 Å². The monoisotopic (exact) mass is 235 g/mol. The van der Waals surface area contributed by atoms with Crippen molar-refractivity contribution in [3.63, 3.8) is 0 Å². The van der Waals surface area contributed by atoms with Crippen LogP contribution in [0.4, 0.5) is 4.39 Å². The molecule has 92 valence electrons. The minimum Gasteiger partial charge on any atom is -0.298 e. The van der Waals surface area contributed by atoms with E-state index >= 15 is 0 Å². The average molecular weight is 235 g/mol. The fourth-order valence-electron chi connectivity index (χ4n) is 2.14. The summed E-state index contributed by atoms with van der Waals surface area (Å²) in [4.78, 5) is 13.9. The van der Waals surface area contributed by atoms with Crippen molar-refractivity contribution in [1.29, 1.82) is 0 Å². The first-order valence-corrected chi connectivity index (χ1v) is 6.12. The first-order valence-electron chi connectivity index (χ1n) is 6.12. The highest BCUT2D eigenvalue weighted by Crippen LogP contribution is 2.23. The quantitative estimate of drug-likeness (QED) is 0.781. The van der Waals surface area contributed by atoms with Crippen LogP contribution in [0.2, 0.25) is 0 Å². The number of carbonyl (C=O) groups is 1. The van der Waals surface area contributed by atoms with Gasteiger partial charge in [-0.05, 0) is 31.5 Å². The third kappa shape index (κ3) is 3.13. The molecule has 0 amide bonds. The Morgan fingerprint density at radius 1 is 1.41 bits per heavy atom. The molecule has 0 unspecified atom stereocenters. The van der Waals surface area contributed by atoms with Crippen molar-refractivity contribution < 1.29 is 9.18 Å². The zero-order chi connectivity index (χ0) is 12.3. The molecule has 2 nitrogen and oxygen atoms in total. The molecule has 0 radical (unpaired) electrons. The summed E-state index contributed by atoms with van der Waals surface area (Å²) in [7, 11) is 1.98.